The van der Waals surface area contributed by atoms with E-state index in [1.165, 1.54) is 7.11 Å². The van der Waals surface area contributed by atoms with Gasteiger partial charge in [-0.25, -0.2) is 0 Å². The zero-order chi connectivity index (χ0) is 9.68. The monoisotopic (exact) mass is 181 g/mol. The molecule has 13 heavy (non-hydrogen) atoms. The number of para-hydroxylation sites is 1. The van der Waals surface area contributed by atoms with Crippen LogP contribution in [-0.4, -0.2) is 29.7 Å². The van der Waals surface area contributed by atoms with Crippen molar-refractivity contribution in [1.82, 2.24) is 0 Å². The highest BCUT2D eigenvalue weighted by atomic mass is 16.5. The molecule has 4 nitrogen and oxygen atoms in total. The maximum absolute atomic E-state index is 8.85. The molecule has 0 aliphatic rings. The molecule has 4 heteroatoms. The van der Waals surface area contributed by atoms with Gasteiger partial charge in [-0.1, -0.05) is 17.3 Å². The lowest BCUT2D eigenvalue weighted by Crippen LogP contribution is -2.08. The van der Waals surface area contributed by atoms with Crippen molar-refractivity contribution in [3.63, 3.8) is 0 Å². The number of aliphatic hydroxyl groups excluding tert-OH is 1. The van der Waals surface area contributed by atoms with Gasteiger partial charge in [0.05, 0.1) is 13.7 Å². The number of rotatable bonds is 3. The molecule has 0 bridgehead atoms. The normalized spacial score (nSPS) is 11.4. The van der Waals surface area contributed by atoms with Gasteiger partial charge < -0.3 is 15.1 Å². The minimum absolute atomic E-state index is 0.192. The number of oxime groups is 1. The largest absolute Gasteiger partial charge is 0.496 e. The molecule has 0 spiro atoms. The van der Waals surface area contributed by atoms with Gasteiger partial charge in [-0.3, -0.25) is 0 Å². The van der Waals surface area contributed by atoms with Gasteiger partial charge >= 0.3 is 0 Å². The molecule has 2 N–H and O–H groups in total. The quantitative estimate of drug-likeness (QED) is 0.413. The minimum Gasteiger partial charge on any atom is -0.496 e. The van der Waals surface area contributed by atoms with Gasteiger partial charge in [-0.2, -0.15) is 0 Å². The number of ether oxygens (including phenoxy) is 1. The number of hydrogen-bond donors (Lipinski definition) is 2. The number of nitrogens with zero attached hydrogens (tertiary/aromatic N) is 1. The number of methoxy groups -OCH3 is 1. The van der Waals surface area contributed by atoms with Crippen LogP contribution >= 0.6 is 0 Å². The molecule has 0 aromatic heterocycles. The van der Waals surface area contributed by atoms with E-state index in [1.54, 1.807) is 24.3 Å². The maximum atomic E-state index is 8.85. The third-order valence-electron chi connectivity index (χ3n) is 1.69. The molecular weight excluding hydrogens is 170 g/mol. The van der Waals surface area contributed by atoms with E-state index in [2.05, 4.69) is 5.16 Å². The predicted octanol–water partition coefficient (Wildman–Crippen LogP) is 0.866. The van der Waals surface area contributed by atoms with Crippen LogP contribution < -0.4 is 4.74 Å². The Hall–Kier alpha value is -1.55. The lowest BCUT2D eigenvalue weighted by Gasteiger charge is -2.06. The third kappa shape index (κ3) is 1.97. The van der Waals surface area contributed by atoms with Crippen molar-refractivity contribution in [3.8, 4) is 5.75 Å². The van der Waals surface area contributed by atoms with Crippen molar-refractivity contribution in [2.45, 2.75) is 0 Å². The average molecular weight is 181 g/mol. The molecule has 0 aliphatic heterocycles. The first-order valence-corrected chi connectivity index (χ1v) is 3.78. The van der Waals surface area contributed by atoms with Crippen LogP contribution in [0.4, 0.5) is 0 Å². The summed E-state index contributed by atoms with van der Waals surface area (Å²) in [6.45, 7) is -0.323. The van der Waals surface area contributed by atoms with Crippen molar-refractivity contribution in [1.29, 1.82) is 0 Å². The van der Waals surface area contributed by atoms with Crippen LogP contribution in [0.3, 0.4) is 0 Å². The molecule has 0 heterocycles. The Morgan fingerprint density at radius 2 is 2.15 bits per heavy atom. The Labute approximate surface area is 76.1 Å². The SMILES string of the molecule is COc1ccccc1/C(CO)=N/O. The first kappa shape index (κ1) is 9.54. The highest BCUT2D eigenvalue weighted by molar-refractivity contribution is 6.03. The van der Waals surface area contributed by atoms with Crippen LogP contribution in [0.15, 0.2) is 29.4 Å². The second-order valence-electron chi connectivity index (χ2n) is 2.41. The van der Waals surface area contributed by atoms with Crippen LogP contribution in [-0.2, 0) is 0 Å². The van der Waals surface area contributed by atoms with E-state index in [4.69, 9.17) is 15.1 Å². The standard InChI is InChI=1S/C9H11NO3/c1-13-9-5-3-2-4-7(9)8(6-11)10-12/h2-5,11-12H,6H2,1H3/b10-8+. The van der Waals surface area contributed by atoms with Gasteiger partial charge in [0, 0.05) is 5.56 Å². The summed E-state index contributed by atoms with van der Waals surface area (Å²) in [7, 11) is 1.52. The van der Waals surface area contributed by atoms with E-state index in [0.29, 0.717) is 11.3 Å². The fraction of sp³-hybridized carbons (Fsp3) is 0.222. The third-order valence-corrected chi connectivity index (χ3v) is 1.69. The molecule has 1 rings (SSSR count). The van der Waals surface area contributed by atoms with Crippen molar-refractivity contribution in [3.05, 3.63) is 29.8 Å². The van der Waals surface area contributed by atoms with Gasteiger partial charge in [-0.05, 0) is 12.1 Å². The molecule has 0 amide bonds. The molecule has 0 fully saturated rings. The molecule has 1 aromatic carbocycles. The lowest BCUT2D eigenvalue weighted by atomic mass is 10.1. The number of hydrogen-bond acceptors (Lipinski definition) is 4. The van der Waals surface area contributed by atoms with Crippen LogP contribution in [0.25, 0.3) is 0 Å². The highest BCUT2D eigenvalue weighted by Crippen LogP contribution is 2.17. The Balaban J connectivity index is 3.12. The zero-order valence-corrected chi connectivity index (χ0v) is 7.27. The molecule has 70 valence electrons. The van der Waals surface area contributed by atoms with E-state index < -0.39 is 0 Å². The van der Waals surface area contributed by atoms with E-state index in [0.717, 1.165) is 0 Å². The summed E-state index contributed by atoms with van der Waals surface area (Å²) in [5, 5.41) is 20.4. The fourth-order valence-corrected chi connectivity index (χ4v) is 1.05. The first-order valence-electron chi connectivity index (χ1n) is 3.78. The summed E-state index contributed by atoms with van der Waals surface area (Å²) >= 11 is 0. The van der Waals surface area contributed by atoms with Crippen molar-refractivity contribution in [2.24, 2.45) is 5.16 Å². The van der Waals surface area contributed by atoms with Crippen LogP contribution in [0.1, 0.15) is 5.56 Å². The van der Waals surface area contributed by atoms with Crippen LogP contribution in [0, 0.1) is 0 Å². The van der Waals surface area contributed by atoms with Gasteiger partial charge in [0.2, 0.25) is 0 Å². The Morgan fingerprint density at radius 1 is 1.46 bits per heavy atom. The smallest absolute Gasteiger partial charge is 0.128 e. The van der Waals surface area contributed by atoms with Crippen LogP contribution in [0.5, 0.6) is 5.75 Å². The summed E-state index contributed by atoms with van der Waals surface area (Å²) < 4.78 is 5.03. The zero-order valence-electron chi connectivity index (χ0n) is 7.27. The predicted molar refractivity (Wildman–Crippen MR) is 48.4 cm³/mol. The molecular formula is C9H11NO3. The summed E-state index contributed by atoms with van der Waals surface area (Å²) in [6, 6.07) is 7.02. The van der Waals surface area contributed by atoms with Crippen molar-refractivity contribution < 1.29 is 15.1 Å². The summed E-state index contributed by atoms with van der Waals surface area (Å²) in [6.07, 6.45) is 0. The minimum atomic E-state index is -0.323. The first-order chi connectivity index (χ1) is 6.33. The summed E-state index contributed by atoms with van der Waals surface area (Å²) in [4.78, 5) is 0. The lowest BCUT2D eigenvalue weighted by molar-refractivity contribution is 0.303. The highest BCUT2D eigenvalue weighted by Gasteiger charge is 2.08. The van der Waals surface area contributed by atoms with E-state index in [1.807, 2.05) is 0 Å². The Morgan fingerprint density at radius 3 is 2.69 bits per heavy atom. The van der Waals surface area contributed by atoms with Gasteiger partial charge in [-0.15, -0.1) is 0 Å². The maximum Gasteiger partial charge on any atom is 0.128 e. The van der Waals surface area contributed by atoms with Crippen LogP contribution in [0.2, 0.25) is 0 Å². The van der Waals surface area contributed by atoms with E-state index in [9.17, 15) is 0 Å². The second-order valence-corrected chi connectivity index (χ2v) is 2.41. The number of benzene rings is 1. The average Bonchev–Trinajstić information content (AvgIpc) is 2.20. The molecule has 1 aromatic rings. The van der Waals surface area contributed by atoms with Gasteiger partial charge in [0.15, 0.2) is 0 Å². The second kappa shape index (κ2) is 4.47. The topological polar surface area (TPSA) is 62.0 Å². The summed E-state index contributed by atoms with van der Waals surface area (Å²) in [5.41, 5.74) is 0.785. The fourth-order valence-electron chi connectivity index (χ4n) is 1.05. The molecule has 0 radical (unpaired) electrons. The molecule has 0 saturated carbocycles. The van der Waals surface area contributed by atoms with Gasteiger partial charge in [0.25, 0.3) is 0 Å². The Bertz CT molecular complexity index is 309. The molecule has 0 unspecified atom stereocenters. The summed E-state index contributed by atoms with van der Waals surface area (Å²) in [5.74, 6) is 0.573. The van der Waals surface area contributed by atoms with Crippen molar-refractivity contribution in [2.75, 3.05) is 13.7 Å². The molecule has 0 aliphatic carbocycles. The Kier molecular flexibility index (Phi) is 3.28. The van der Waals surface area contributed by atoms with Gasteiger partial charge in [0.1, 0.15) is 11.5 Å². The number of aliphatic hydroxyl groups is 1. The van der Waals surface area contributed by atoms with E-state index in [-0.39, 0.29) is 12.3 Å². The van der Waals surface area contributed by atoms with Crippen molar-refractivity contribution >= 4 is 5.71 Å². The molecule has 0 saturated heterocycles. The van der Waals surface area contributed by atoms with E-state index >= 15 is 0 Å². The molecule has 0 atom stereocenters.